The summed E-state index contributed by atoms with van der Waals surface area (Å²) in [6.45, 7) is 3.10. The molecule has 2 N–H and O–H groups in total. The van der Waals surface area contributed by atoms with E-state index in [2.05, 4.69) is 17.6 Å². The normalized spacial score (nSPS) is 30.0. The Labute approximate surface area is 87.6 Å². The summed E-state index contributed by atoms with van der Waals surface area (Å²) in [7, 11) is 5.83. The van der Waals surface area contributed by atoms with Crippen LogP contribution < -0.4 is 10.6 Å². The molecule has 0 aromatic heterocycles. The number of ether oxygens (including phenoxy) is 1. The Balaban J connectivity index is 2.19. The number of hydrogen-bond donors (Lipinski definition) is 2. The van der Waals surface area contributed by atoms with Crippen molar-refractivity contribution in [3.63, 3.8) is 0 Å². The average molecular weight is 200 g/mol. The molecule has 0 radical (unpaired) electrons. The number of rotatable bonds is 7. The van der Waals surface area contributed by atoms with Gasteiger partial charge in [0.05, 0.1) is 6.61 Å². The van der Waals surface area contributed by atoms with Crippen LogP contribution >= 0.6 is 0 Å². The van der Waals surface area contributed by atoms with Crippen molar-refractivity contribution in [2.45, 2.75) is 31.8 Å². The highest BCUT2D eigenvalue weighted by Gasteiger charge is 2.41. The molecule has 4 unspecified atom stereocenters. The summed E-state index contributed by atoms with van der Waals surface area (Å²) in [6.07, 6.45) is 2.63. The van der Waals surface area contributed by atoms with E-state index in [1.165, 1.54) is 12.8 Å². The maximum atomic E-state index is 5.17. The van der Waals surface area contributed by atoms with Gasteiger partial charge in [-0.25, -0.2) is 0 Å². The van der Waals surface area contributed by atoms with E-state index in [0.29, 0.717) is 12.1 Å². The predicted octanol–water partition coefficient (Wildman–Crippen LogP) is 0.855. The fourth-order valence-electron chi connectivity index (χ4n) is 2.20. The number of hydrogen-bond acceptors (Lipinski definition) is 3. The molecule has 0 amide bonds. The fraction of sp³-hybridized carbons (Fsp3) is 1.00. The molecule has 4 atom stereocenters. The van der Waals surface area contributed by atoms with Crippen LogP contribution in [-0.4, -0.2) is 39.9 Å². The summed E-state index contributed by atoms with van der Waals surface area (Å²) in [5.74, 6) is 1.78. The molecule has 0 bridgehead atoms. The summed E-state index contributed by atoms with van der Waals surface area (Å²) in [6, 6.07) is 1.19. The molecule has 1 rings (SSSR count). The van der Waals surface area contributed by atoms with E-state index >= 15 is 0 Å². The highest BCUT2D eigenvalue weighted by Crippen LogP contribution is 2.44. The van der Waals surface area contributed by atoms with Crippen LogP contribution in [-0.2, 0) is 4.74 Å². The van der Waals surface area contributed by atoms with Crippen molar-refractivity contribution in [1.29, 1.82) is 0 Å². The number of nitrogens with one attached hydrogen (secondary N) is 2. The van der Waals surface area contributed by atoms with Gasteiger partial charge >= 0.3 is 0 Å². The second-order valence-corrected chi connectivity index (χ2v) is 4.41. The average Bonchev–Trinajstić information content (AvgIpc) is 2.95. The number of likely N-dealkylation sites (N-methyl/N-ethyl adjacent to an activating group) is 1. The topological polar surface area (TPSA) is 33.3 Å². The molecule has 0 aliphatic heterocycles. The van der Waals surface area contributed by atoms with Gasteiger partial charge in [-0.05, 0) is 45.7 Å². The van der Waals surface area contributed by atoms with Crippen LogP contribution in [0.3, 0.4) is 0 Å². The smallest absolute Gasteiger partial charge is 0.0615 e. The number of methoxy groups -OCH3 is 1. The third-order valence-electron chi connectivity index (χ3n) is 3.44. The minimum absolute atomic E-state index is 0.527. The molecule has 84 valence electrons. The summed E-state index contributed by atoms with van der Waals surface area (Å²) >= 11 is 0. The fourth-order valence-corrected chi connectivity index (χ4v) is 2.20. The Bertz CT molecular complexity index is 163. The van der Waals surface area contributed by atoms with Crippen molar-refractivity contribution in [1.82, 2.24) is 10.6 Å². The van der Waals surface area contributed by atoms with Gasteiger partial charge < -0.3 is 15.4 Å². The van der Waals surface area contributed by atoms with Crippen molar-refractivity contribution in [3.8, 4) is 0 Å². The van der Waals surface area contributed by atoms with Crippen molar-refractivity contribution >= 4 is 0 Å². The largest absolute Gasteiger partial charge is 0.383 e. The molecule has 0 aromatic carbocycles. The molecule has 1 fully saturated rings. The summed E-state index contributed by atoms with van der Waals surface area (Å²) in [5.41, 5.74) is 0. The van der Waals surface area contributed by atoms with Gasteiger partial charge in [0.15, 0.2) is 0 Å². The molecule has 1 saturated carbocycles. The van der Waals surface area contributed by atoms with Crippen LogP contribution in [0.5, 0.6) is 0 Å². The third-order valence-corrected chi connectivity index (χ3v) is 3.44. The van der Waals surface area contributed by atoms with E-state index in [0.717, 1.165) is 18.4 Å². The maximum Gasteiger partial charge on any atom is 0.0615 e. The third kappa shape index (κ3) is 3.23. The molecule has 3 nitrogen and oxygen atoms in total. The molecule has 3 heteroatoms. The van der Waals surface area contributed by atoms with Gasteiger partial charge in [0.1, 0.15) is 0 Å². The van der Waals surface area contributed by atoms with Crippen molar-refractivity contribution in [2.24, 2.45) is 11.8 Å². The quantitative estimate of drug-likeness (QED) is 0.639. The zero-order valence-electron chi connectivity index (χ0n) is 9.84. The first-order valence-corrected chi connectivity index (χ1v) is 5.56. The molecule has 14 heavy (non-hydrogen) atoms. The van der Waals surface area contributed by atoms with Crippen LogP contribution in [0.2, 0.25) is 0 Å². The molecule has 0 spiro atoms. The molecule has 1 aliphatic rings. The van der Waals surface area contributed by atoms with E-state index in [1.54, 1.807) is 7.11 Å². The monoisotopic (exact) mass is 200 g/mol. The molecule has 0 aromatic rings. The summed E-state index contributed by atoms with van der Waals surface area (Å²) < 4.78 is 5.17. The zero-order valence-corrected chi connectivity index (χ0v) is 9.84. The highest BCUT2D eigenvalue weighted by molar-refractivity contribution is 4.94. The Morgan fingerprint density at radius 3 is 2.57 bits per heavy atom. The minimum Gasteiger partial charge on any atom is -0.383 e. The maximum absolute atomic E-state index is 5.17. The Morgan fingerprint density at radius 2 is 2.07 bits per heavy atom. The van der Waals surface area contributed by atoms with Gasteiger partial charge in [0.25, 0.3) is 0 Å². The predicted molar refractivity (Wildman–Crippen MR) is 59.5 cm³/mol. The minimum atomic E-state index is 0.527. The van der Waals surface area contributed by atoms with Crippen LogP contribution in [0.1, 0.15) is 19.8 Å². The van der Waals surface area contributed by atoms with E-state index in [9.17, 15) is 0 Å². The van der Waals surface area contributed by atoms with E-state index in [1.807, 2.05) is 14.1 Å². The van der Waals surface area contributed by atoms with Gasteiger partial charge in [-0.1, -0.05) is 0 Å². The van der Waals surface area contributed by atoms with E-state index < -0.39 is 0 Å². The second kappa shape index (κ2) is 5.69. The first kappa shape index (κ1) is 12.0. The van der Waals surface area contributed by atoms with Crippen LogP contribution in [0.4, 0.5) is 0 Å². The van der Waals surface area contributed by atoms with E-state index in [4.69, 9.17) is 4.74 Å². The lowest BCUT2D eigenvalue weighted by Gasteiger charge is -2.16. The first-order valence-electron chi connectivity index (χ1n) is 5.56. The van der Waals surface area contributed by atoms with Gasteiger partial charge in [-0.15, -0.1) is 0 Å². The lowest BCUT2D eigenvalue weighted by Crippen LogP contribution is -2.31. The van der Waals surface area contributed by atoms with Crippen LogP contribution in [0.15, 0.2) is 0 Å². The van der Waals surface area contributed by atoms with Gasteiger partial charge in [0, 0.05) is 19.2 Å². The Kier molecular flexibility index (Phi) is 4.85. The van der Waals surface area contributed by atoms with Gasteiger partial charge in [0.2, 0.25) is 0 Å². The second-order valence-electron chi connectivity index (χ2n) is 4.41. The SMILES string of the molecule is CNC(COC)CC1CC1C(C)NC. The molecular formula is C11H24N2O. The van der Waals surface area contributed by atoms with Crippen molar-refractivity contribution in [3.05, 3.63) is 0 Å². The Morgan fingerprint density at radius 1 is 1.36 bits per heavy atom. The molecular weight excluding hydrogens is 176 g/mol. The highest BCUT2D eigenvalue weighted by atomic mass is 16.5. The zero-order chi connectivity index (χ0) is 10.6. The van der Waals surface area contributed by atoms with E-state index in [-0.39, 0.29) is 0 Å². The Hall–Kier alpha value is -0.120. The first-order chi connectivity index (χ1) is 6.72. The van der Waals surface area contributed by atoms with Crippen molar-refractivity contribution in [2.75, 3.05) is 27.8 Å². The molecule has 0 saturated heterocycles. The van der Waals surface area contributed by atoms with Crippen LogP contribution in [0, 0.1) is 11.8 Å². The summed E-state index contributed by atoms with van der Waals surface area (Å²) in [5, 5.41) is 6.63. The lowest BCUT2D eigenvalue weighted by atomic mass is 10.1. The van der Waals surface area contributed by atoms with Gasteiger partial charge in [-0.3, -0.25) is 0 Å². The van der Waals surface area contributed by atoms with Crippen molar-refractivity contribution < 1.29 is 4.74 Å². The lowest BCUT2D eigenvalue weighted by molar-refractivity contribution is 0.162. The van der Waals surface area contributed by atoms with Gasteiger partial charge in [-0.2, -0.15) is 0 Å². The van der Waals surface area contributed by atoms with Crippen LogP contribution in [0.25, 0.3) is 0 Å². The molecule has 0 heterocycles. The standard InChI is InChI=1S/C11H24N2O/c1-8(12-2)11-6-9(11)5-10(13-3)7-14-4/h8-13H,5-7H2,1-4H3. The molecule has 1 aliphatic carbocycles. The summed E-state index contributed by atoms with van der Waals surface area (Å²) in [4.78, 5) is 0.